The van der Waals surface area contributed by atoms with E-state index in [0.29, 0.717) is 0 Å². The minimum absolute atomic E-state index is 0.00375. The molecule has 0 spiro atoms. The number of amides is 1. The van der Waals surface area contributed by atoms with Gasteiger partial charge in [-0.15, -0.1) is 0 Å². The van der Waals surface area contributed by atoms with Gasteiger partial charge in [-0.05, 0) is 30.2 Å². The molecule has 0 bridgehead atoms. The number of carbonyl (C=O) groups is 1. The number of benzene rings is 1. The lowest BCUT2D eigenvalue weighted by Crippen LogP contribution is -2.11. The second-order valence-electron chi connectivity index (χ2n) is 3.92. The molecule has 1 heterocycles. The number of rotatable bonds is 3. The molecular weight excluding hydrogens is 193 g/mol. The van der Waals surface area contributed by atoms with Crippen LogP contribution >= 0.6 is 0 Å². The largest absolute Gasteiger partial charge is 0.325 e. The van der Waals surface area contributed by atoms with Gasteiger partial charge in [-0.2, -0.15) is 0 Å². The van der Waals surface area contributed by atoms with Crippen molar-refractivity contribution >= 4 is 11.6 Å². The van der Waals surface area contributed by atoms with Gasteiger partial charge < -0.3 is 5.32 Å². The van der Waals surface area contributed by atoms with Crippen molar-refractivity contribution in [1.82, 2.24) is 0 Å². The normalized spacial score (nSPS) is 18.8. The van der Waals surface area contributed by atoms with E-state index in [1.165, 1.54) is 12.1 Å². The van der Waals surface area contributed by atoms with E-state index in [2.05, 4.69) is 12.2 Å². The number of carbonyl (C=O) groups excluding carboxylic acids is 1. The molecule has 0 aliphatic carbocycles. The smallest absolute Gasteiger partial charge is 0.232 e. The second kappa shape index (κ2) is 4.01. The van der Waals surface area contributed by atoms with Crippen molar-refractivity contribution in [2.75, 3.05) is 5.32 Å². The maximum atomic E-state index is 13.0. The first-order valence-electron chi connectivity index (χ1n) is 5.32. The van der Waals surface area contributed by atoms with Gasteiger partial charge in [0.15, 0.2) is 0 Å². The summed E-state index contributed by atoms with van der Waals surface area (Å²) in [4.78, 5) is 11.6. The zero-order chi connectivity index (χ0) is 10.8. The Morgan fingerprint density at radius 2 is 2.27 bits per heavy atom. The molecule has 0 saturated heterocycles. The third kappa shape index (κ3) is 1.87. The van der Waals surface area contributed by atoms with Gasteiger partial charge in [0.05, 0.1) is 5.92 Å². The fourth-order valence-corrected chi connectivity index (χ4v) is 1.99. The molecule has 0 radical (unpaired) electrons. The number of hydrogen-bond donors (Lipinski definition) is 1. The molecule has 80 valence electrons. The van der Waals surface area contributed by atoms with Gasteiger partial charge in [0.1, 0.15) is 5.82 Å². The van der Waals surface area contributed by atoms with E-state index in [1.807, 2.05) is 0 Å². The molecule has 1 amide bonds. The Hall–Kier alpha value is -1.38. The van der Waals surface area contributed by atoms with E-state index < -0.39 is 0 Å². The first kappa shape index (κ1) is 10.1. The van der Waals surface area contributed by atoms with Gasteiger partial charge in [-0.3, -0.25) is 4.79 Å². The van der Waals surface area contributed by atoms with Crippen molar-refractivity contribution in [3.63, 3.8) is 0 Å². The third-order valence-electron chi connectivity index (χ3n) is 2.81. The monoisotopic (exact) mass is 207 g/mol. The Morgan fingerprint density at radius 1 is 1.47 bits per heavy atom. The Kier molecular flexibility index (Phi) is 2.71. The number of unbranched alkanes of at least 4 members (excludes halogenated alkanes) is 1. The van der Waals surface area contributed by atoms with Gasteiger partial charge >= 0.3 is 0 Å². The van der Waals surface area contributed by atoms with Crippen molar-refractivity contribution in [3.8, 4) is 0 Å². The summed E-state index contributed by atoms with van der Waals surface area (Å²) in [5.41, 5.74) is 1.58. The highest BCUT2D eigenvalue weighted by atomic mass is 19.1. The van der Waals surface area contributed by atoms with Gasteiger partial charge in [-0.1, -0.05) is 19.8 Å². The Bertz CT molecular complexity index is 389. The van der Waals surface area contributed by atoms with E-state index in [4.69, 9.17) is 0 Å². The summed E-state index contributed by atoms with van der Waals surface area (Å²) in [6.45, 7) is 2.08. The standard InChI is InChI=1S/C12H14FNO/c1-2-3-4-9-10-7-8(13)5-6-11(10)14-12(9)15/h5-7,9H,2-4H2,1H3,(H,14,15). The lowest BCUT2D eigenvalue weighted by molar-refractivity contribution is -0.117. The van der Waals surface area contributed by atoms with Crippen molar-refractivity contribution < 1.29 is 9.18 Å². The molecule has 0 aromatic heterocycles. The molecule has 0 fully saturated rings. The number of hydrogen-bond acceptors (Lipinski definition) is 1. The maximum absolute atomic E-state index is 13.0. The zero-order valence-electron chi connectivity index (χ0n) is 8.72. The van der Waals surface area contributed by atoms with Crippen molar-refractivity contribution in [1.29, 1.82) is 0 Å². The number of nitrogens with one attached hydrogen (secondary N) is 1. The Labute approximate surface area is 88.5 Å². The van der Waals surface area contributed by atoms with Crippen LogP contribution in [0.25, 0.3) is 0 Å². The molecule has 3 heteroatoms. The molecule has 1 aliphatic rings. The lowest BCUT2D eigenvalue weighted by atomic mass is 9.95. The highest BCUT2D eigenvalue weighted by Crippen LogP contribution is 2.35. The van der Waals surface area contributed by atoms with Crippen molar-refractivity contribution in [2.45, 2.75) is 32.1 Å². The SMILES string of the molecule is CCCCC1C(=O)Nc2ccc(F)cc21. The predicted molar refractivity (Wildman–Crippen MR) is 57.3 cm³/mol. The third-order valence-corrected chi connectivity index (χ3v) is 2.81. The lowest BCUT2D eigenvalue weighted by Gasteiger charge is -2.07. The summed E-state index contributed by atoms with van der Waals surface area (Å²) in [6, 6.07) is 4.48. The van der Waals surface area contributed by atoms with Crippen molar-refractivity contribution in [2.24, 2.45) is 0 Å². The van der Waals surface area contributed by atoms with Crippen LogP contribution < -0.4 is 5.32 Å². The van der Waals surface area contributed by atoms with E-state index in [0.717, 1.165) is 30.5 Å². The summed E-state index contributed by atoms with van der Waals surface area (Å²) in [6.07, 6.45) is 2.85. The van der Waals surface area contributed by atoms with E-state index in [9.17, 15) is 9.18 Å². The number of fused-ring (bicyclic) bond motifs is 1. The molecule has 2 nitrogen and oxygen atoms in total. The fourth-order valence-electron chi connectivity index (χ4n) is 1.99. The van der Waals surface area contributed by atoms with E-state index in [-0.39, 0.29) is 17.6 Å². The zero-order valence-corrected chi connectivity index (χ0v) is 8.72. The summed E-state index contributed by atoms with van der Waals surface area (Å²) < 4.78 is 13.0. The van der Waals surface area contributed by atoms with Gasteiger partial charge in [0.25, 0.3) is 0 Å². The highest BCUT2D eigenvalue weighted by molar-refractivity contribution is 6.02. The molecular formula is C12H14FNO. The molecule has 1 unspecified atom stereocenters. The average Bonchev–Trinajstić information content (AvgIpc) is 2.51. The first-order chi connectivity index (χ1) is 7.22. The molecule has 1 N–H and O–H groups in total. The molecule has 2 rings (SSSR count). The highest BCUT2D eigenvalue weighted by Gasteiger charge is 2.29. The van der Waals surface area contributed by atoms with Crippen LogP contribution in [0.1, 0.15) is 37.7 Å². The van der Waals surface area contributed by atoms with E-state index in [1.54, 1.807) is 6.07 Å². The van der Waals surface area contributed by atoms with Crippen LogP contribution in [0.2, 0.25) is 0 Å². The molecule has 1 aliphatic heterocycles. The van der Waals surface area contributed by atoms with Crippen LogP contribution in [-0.4, -0.2) is 5.91 Å². The summed E-state index contributed by atoms with van der Waals surface area (Å²) in [5, 5.41) is 2.78. The number of anilines is 1. The predicted octanol–water partition coefficient (Wildman–Crippen LogP) is 3.05. The Balaban J connectivity index is 2.27. The van der Waals surface area contributed by atoms with Crippen LogP contribution in [0.15, 0.2) is 18.2 Å². The fraction of sp³-hybridized carbons (Fsp3) is 0.417. The van der Waals surface area contributed by atoms with Crippen LogP contribution in [0.5, 0.6) is 0 Å². The first-order valence-corrected chi connectivity index (χ1v) is 5.32. The summed E-state index contributed by atoms with van der Waals surface area (Å²) in [7, 11) is 0. The van der Waals surface area contributed by atoms with Crippen molar-refractivity contribution in [3.05, 3.63) is 29.6 Å². The molecule has 15 heavy (non-hydrogen) atoms. The van der Waals surface area contributed by atoms with Crippen LogP contribution in [0.4, 0.5) is 10.1 Å². The maximum Gasteiger partial charge on any atom is 0.232 e. The van der Waals surface area contributed by atoms with Gasteiger partial charge in [-0.25, -0.2) is 4.39 Å². The topological polar surface area (TPSA) is 29.1 Å². The second-order valence-corrected chi connectivity index (χ2v) is 3.92. The van der Waals surface area contributed by atoms with Crippen LogP contribution in [0.3, 0.4) is 0 Å². The number of halogens is 1. The van der Waals surface area contributed by atoms with Gasteiger partial charge in [0.2, 0.25) is 5.91 Å². The average molecular weight is 207 g/mol. The molecule has 1 atom stereocenters. The van der Waals surface area contributed by atoms with Gasteiger partial charge in [0, 0.05) is 5.69 Å². The minimum Gasteiger partial charge on any atom is -0.325 e. The Morgan fingerprint density at radius 3 is 3.00 bits per heavy atom. The van der Waals surface area contributed by atoms with Crippen LogP contribution in [0, 0.1) is 5.82 Å². The molecule has 1 aromatic carbocycles. The molecule has 0 saturated carbocycles. The summed E-state index contributed by atoms with van der Waals surface area (Å²) >= 11 is 0. The molecule has 1 aromatic rings. The van der Waals surface area contributed by atoms with E-state index >= 15 is 0 Å². The quantitative estimate of drug-likeness (QED) is 0.810. The summed E-state index contributed by atoms with van der Waals surface area (Å²) in [5.74, 6) is -0.425. The minimum atomic E-state index is -0.272. The van der Waals surface area contributed by atoms with Crippen LogP contribution in [-0.2, 0) is 4.79 Å².